The van der Waals surface area contributed by atoms with Crippen LogP contribution in [-0.2, 0) is 6.42 Å². The monoisotopic (exact) mass is 531 g/mol. The molecule has 0 aliphatic heterocycles. The third-order valence-corrected chi connectivity index (χ3v) is 5.48. The van der Waals surface area contributed by atoms with Crippen LogP contribution in [0.5, 0.6) is 5.75 Å². The molecule has 200 valence electrons. The molecule has 0 bridgehead atoms. The van der Waals surface area contributed by atoms with Gasteiger partial charge in [0.25, 0.3) is 0 Å². The molecule has 0 aliphatic carbocycles. The first-order valence-electron chi connectivity index (χ1n) is 11.4. The van der Waals surface area contributed by atoms with Crippen molar-refractivity contribution in [3.63, 3.8) is 0 Å². The minimum atomic E-state index is -1.61. The average molecular weight is 532 g/mol. The Balaban J connectivity index is 0.000000231. The molecular formula is C27H25N5O7. The van der Waals surface area contributed by atoms with E-state index < -0.39 is 38.5 Å². The lowest BCUT2D eigenvalue weighted by Crippen LogP contribution is -3.02. The number of nitrogens with one attached hydrogen (secondary N) is 3. The maximum absolute atomic E-state index is 10.6. The van der Waals surface area contributed by atoms with Crippen LogP contribution in [0.3, 0.4) is 0 Å². The summed E-state index contributed by atoms with van der Waals surface area (Å²) in [4.78, 5) is 4.39. The van der Waals surface area contributed by atoms with Crippen molar-refractivity contribution in [3.05, 3.63) is 129 Å². The van der Waals surface area contributed by atoms with Crippen molar-refractivity contribution in [1.82, 2.24) is 4.98 Å². The summed E-state index contributed by atoms with van der Waals surface area (Å²) in [6, 6.07) is 27.5. The zero-order valence-electron chi connectivity index (χ0n) is 20.4. The van der Waals surface area contributed by atoms with E-state index >= 15 is 0 Å². The number of hydrogen-bond acceptors (Lipinski definition) is 9. The van der Waals surface area contributed by atoms with Gasteiger partial charge in [-0.25, -0.2) is 15.6 Å². The smallest absolute Gasteiger partial charge is 0.247 e. The second-order valence-corrected chi connectivity index (χ2v) is 8.07. The Morgan fingerprint density at radius 1 is 0.821 bits per heavy atom. The van der Waals surface area contributed by atoms with Gasteiger partial charge in [-0.05, 0) is 34.9 Å². The van der Waals surface area contributed by atoms with Gasteiger partial charge in [-0.3, -0.25) is 4.98 Å². The molecule has 39 heavy (non-hydrogen) atoms. The van der Waals surface area contributed by atoms with E-state index in [-0.39, 0.29) is 0 Å². The molecule has 1 heterocycles. The number of phenols is 1. The molecule has 0 radical (unpaired) electrons. The summed E-state index contributed by atoms with van der Waals surface area (Å²) in [5.74, 6) is -0.968. The molecular weight excluding hydrogens is 506 g/mol. The van der Waals surface area contributed by atoms with Crippen LogP contribution in [-0.4, -0.2) is 25.7 Å². The molecule has 0 aliphatic rings. The minimum Gasteiger partial charge on any atom is -0.595 e. The number of nitrogens with zero attached hydrogens (tertiary/aromatic N) is 2. The average Bonchev–Trinajstić information content (AvgIpc) is 2.93. The van der Waals surface area contributed by atoms with Crippen molar-refractivity contribution in [3.8, 4) is 11.8 Å². The number of aromatic hydroxyl groups is 1. The second kappa shape index (κ2) is 13.9. The summed E-state index contributed by atoms with van der Waals surface area (Å²) in [5.41, 5.74) is 2.78. The fourth-order valence-electron chi connectivity index (χ4n) is 3.57. The van der Waals surface area contributed by atoms with Crippen molar-refractivity contribution in [2.75, 3.05) is 0 Å². The third kappa shape index (κ3) is 7.98. The van der Waals surface area contributed by atoms with Gasteiger partial charge < -0.3 is 20.7 Å². The second-order valence-electron chi connectivity index (χ2n) is 8.07. The number of benzene rings is 3. The number of allylic oxidation sites excluding steroid dienone is 1. The zero-order valence-corrected chi connectivity index (χ0v) is 20.4. The lowest BCUT2D eigenvalue weighted by Gasteiger charge is -2.20. The van der Waals surface area contributed by atoms with Crippen LogP contribution in [0.4, 0.5) is 17.1 Å². The van der Waals surface area contributed by atoms with Gasteiger partial charge in [0.15, 0.2) is 5.69 Å². The SMILES string of the molecule is N#C/C(=C\c1ccccc1Cc1ccccn1)c1ccccc1.[O-][NH+](O)c1cc([NH+]([O-])O)c(O)c([NH+]([O-])O)c1. The highest BCUT2D eigenvalue weighted by Gasteiger charge is 2.22. The maximum atomic E-state index is 10.6. The highest BCUT2D eigenvalue weighted by Crippen LogP contribution is 2.29. The number of pyridine rings is 1. The summed E-state index contributed by atoms with van der Waals surface area (Å²) in [7, 11) is 0. The molecule has 0 fully saturated rings. The highest BCUT2D eigenvalue weighted by molar-refractivity contribution is 5.90. The van der Waals surface area contributed by atoms with Gasteiger partial charge in [-0.2, -0.15) is 20.9 Å². The van der Waals surface area contributed by atoms with Crippen LogP contribution in [0.2, 0.25) is 0 Å². The van der Waals surface area contributed by atoms with Crippen molar-refractivity contribution >= 4 is 28.7 Å². The number of nitriles is 1. The maximum Gasteiger partial charge on any atom is 0.247 e. The standard InChI is InChI=1S/C21H16N2.C6H9N3O7/c22-16-20(17-8-2-1-3-9-17)14-18-10-4-5-11-19(18)15-21-12-6-7-13-23-21;10-6-4(8(13)14)1-3(7(11)12)2-5(6)9(15)16/h1-14H,15H2;1-2,7-11,13,15H/b20-14+;. The van der Waals surface area contributed by atoms with E-state index in [4.69, 9.17) is 15.6 Å². The molecule has 12 nitrogen and oxygen atoms in total. The number of rotatable bonds is 7. The molecule has 4 rings (SSSR count). The van der Waals surface area contributed by atoms with Gasteiger partial charge in [0, 0.05) is 18.3 Å². The van der Waals surface area contributed by atoms with E-state index in [2.05, 4.69) is 17.1 Å². The van der Waals surface area contributed by atoms with Crippen LogP contribution in [0.15, 0.2) is 91.1 Å². The van der Waals surface area contributed by atoms with Crippen LogP contribution < -0.4 is 15.7 Å². The molecule has 0 spiro atoms. The van der Waals surface area contributed by atoms with Crippen molar-refractivity contribution in [1.29, 1.82) is 5.26 Å². The molecule has 7 N–H and O–H groups in total. The normalized spacial score (nSPS) is 13.4. The summed E-state index contributed by atoms with van der Waals surface area (Å²) in [6.07, 6.45) is 4.51. The Hall–Kier alpha value is -4.52. The summed E-state index contributed by atoms with van der Waals surface area (Å²) < 4.78 is 0. The molecule has 0 saturated carbocycles. The van der Waals surface area contributed by atoms with Gasteiger partial charge in [0.1, 0.15) is 0 Å². The molecule has 0 saturated heterocycles. The molecule has 4 aromatic rings. The first-order chi connectivity index (χ1) is 18.7. The Bertz CT molecular complexity index is 1410. The Labute approximate surface area is 223 Å². The van der Waals surface area contributed by atoms with Crippen LogP contribution in [0.25, 0.3) is 11.6 Å². The highest BCUT2D eigenvalue weighted by atomic mass is 16.8. The number of aromatic nitrogens is 1. The molecule has 12 heteroatoms. The van der Waals surface area contributed by atoms with Crippen LogP contribution in [0.1, 0.15) is 22.4 Å². The molecule has 3 unspecified atom stereocenters. The Morgan fingerprint density at radius 2 is 1.41 bits per heavy atom. The van der Waals surface area contributed by atoms with E-state index in [9.17, 15) is 26.0 Å². The molecule has 3 aromatic carbocycles. The van der Waals surface area contributed by atoms with E-state index in [1.54, 1.807) is 6.20 Å². The van der Waals surface area contributed by atoms with Gasteiger partial charge >= 0.3 is 0 Å². The van der Waals surface area contributed by atoms with Crippen molar-refractivity contribution in [2.24, 2.45) is 0 Å². The lowest BCUT2D eigenvalue weighted by atomic mass is 9.98. The fourth-order valence-corrected chi connectivity index (χ4v) is 3.57. The summed E-state index contributed by atoms with van der Waals surface area (Å²) >= 11 is 0. The minimum absolute atomic E-state index is 0.521. The largest absolute Gasteiger partial charge is 0.595 e. The van der Waals surface area contributed by atoms with Gasteiger partial charge in [0.05, 0.1) is 23.8 Å². The molecule has 1 aromatic heterocycles. The Kier molecular flexibility index (Phi) is 10.3. The van der Waals surface area contributed by atoms with Crippen LogP contribution in [0, 0.1) is 27.0 Å². The quantitative estimate of drug-likeness (QED) is 0.0604. The first kappa shape index (κ1) is 29.0. The Morgan fingerprint density at radius 3 is 1.95 bits per heavy atom. The zero-order chi connectivity index (χ0) is 28.4. The predicted octanol–water partition coefficient (Wildman–Crippen LogP) is 1.34. The third-order valence-electron chi connectivity index (χ3n) is 5.48. The van der Waals surface area contributed by atoms with Gasteiger partial charge in [-0.1, -0.05) is 60.7 Å². The van der Waals surface area contributed by atoms with E-state index in [1.807, 2.05) is 72.8 Å². The van der Waals surface area contributed by atoms with Crippen LogP contribution >= 0.6 is 0 Å². The van der Waals surface area contributed by atoms with Gasteiger partial charge in [0.2, 0.25) is 17.1 Å². The lowest BCUT2D eigenvalue weighted by molar-refractivity contribution is -1.00. The topological polar surface area (TPSA) is 200 Å². The predicted molar refractivity (Wildman–Crippen MR) is 139 cm³/mol. The number of phenolic OH excluding ortho intramolecular Hbond substituents is 1. The van der Waals surface area contributed by atoms with Crippen molar-refractivity contribution < 1.29 is 36.4 Å². The summed E-state index contributed by atoms with van der Waals surface area (Å²) in [6.45, 7) is 0. The van der Waals surface area contributed by atoms with E-state index in [1.165, 1.54) is 0 Å². The molecule has 3 atom stereocenters. The van der Waals surface area contributed by atoms with E-state index in [0.717, 1.165) is 28.8 Å². The molecule has 0 amide bonds. The first-order valence-corrected chi connectivity index (χ1v) is 11.4. The number of hydrogen-bond donors (Lipinski definition) is 7. The van der Waals surface area contributed by atoms with Gasteiger partial charge in [-0.15, -0.1) is 0 Å². The van der Waals surface area contributed by atoms with Crippen molar-refractivity contribution in [2.45, 2.75) is 6.42 Å². The summed E-state index contributed by atoms with van der Waals surface area (Å²) in [5, 5.41) is 71.8. The number of quaternary nitrogens is 3. The fraction of sp³-hybridized carbons (Fsp3) is 0.0370. The van der Waals surface area contributed by atoms with E-state index in [0.29, 0.717) is 17.7 Å².